The van der Waals surface area contributed by atoms with Gasteiger partial charge in [0.25, 0.3) is 5.69 Å². The molecule has 1 N–H and O–H groups in total. The molecule has 6 nitrogen and oxygen atoms in total. The number of nitrogens with one attached hydrogen (secondary N) is 1. The fourth-order valence-electron chi connectivity index (χ4n) is 2.91. The molecule has 0 radical (unpaired) electrons. The average molecular weight is 293 g/mol. The molecule has 0 bridgehead atoms. The second kappa shape index (κ2) is 7.26. The van der Waals surface area contributed by atoms with Gasteiger partial charge >= 0.3 is 0 Å². The Morgan fingerprint density at radius 3 is 2.90 bits per heavy atom. The molecule has 21 heavy (non-hydrogen) atoms. The highest BCUT2D eigenvalue weighted by molar-refractivity contribution is 5.58. The molecule has 1 aliphatic heterocycles. The average Bonchev–Trinajstić information content (AvgIpc) is 2.52. The van der Waals surface area contributed by atoms with Gasteiger partial charge in [-0.2, -0.15) is 0 Å². The third-order valence-corrected chi connectivity index (χ3v) is 4.01. The van der Waals surface area contributed by atoms with Crippen molar-refractivity contribution in [1.82, 2.24) is 5.32 Å². The standard InChI is InChI=1S/C15H23N3O3/c1-16-7-6-12-5-3-4-8-17(12)13-9-14(18(19)20)11-15(10-13)21-2/h9-12,16H,3-8H2,1-2H3. The lowest BCUT2D eigenvalue weighted by Gasteiger charge is -2.37. The number of rotatable bonds is 6. The SMILES string of the molecule is CNCCC1CCCCN1c1cc(OC)cc([N+](=O)[O-])c1. The van der Waals surface area contributed by atoms with E-state index in [1.165, 1.54) is 19.6 Å². The van der Waals surface area contributed by atoms with Gasteiger partial charge in [0.05, 0.1) is 18.1 Å². The van der Waals surface area contributed by atoms with E-state index < -0.39 is 0 Å². The summed E-state index contributed by atoms with van der Waals surface area (Å²) in [7, 11) is 3.49. The second-order valence-electron chi connectivity index (χ2n) is 5.38. The lowest BCUT2D eigenvalue weighted by molar-refractivity contribution is -0.384. The third-order valence-electron chi connectivity index (χ3n) is 4.01. The zero-order chi connectivity index (χ0) is 15.2. The number of ether oxygens (including phenoxy) is 1. The fraction of sp³-hybridized carbons (Fsp3) is 0.600. The number of hydrogen-bond donors (Lipinski definition) is 1. The van der Waals surface area contributed by atoms with Crippen LogP contribution in [0.15, 0.2) is 18.2 Å². The van der Waals surface area contributed by atoms with Crippen LogP contribution in [0.2, 0.25) is 0 Å². The smallest absolute Gasteiger partial charge is 0.275 e. The predicted molar refractivity (Wildman–Crippen MR) is 83.2 cm³/mol. The van der Waals surface area contributed by atoms with Crippen LogP contribution in [0, 0.1) is 10.1 Å². The molecule has 2 rings (SSSR count). The lowest BCUT2D eigenvalue weighted by Crippen LogP contribution is -2.41. The Bertz CT molecular complexity index is 493. The Balaban J connectivity index is 2.28. The van der Waals surface area contributed by atoms with Crippen LogP contribution >= 0.6 is 0 Å². The minimum Gasteiger partial charge on any atom is -0.496 e. The van der Waals surface area contributed by atoms with E-state index in [0.717, 1.165) is 38.0 Å². The zero-order valence-corrected chi connectivity index (χ0v) is 12.7. The predicted octanol–water partition coefficient (Wildman–Crippen LogP) is 2.57. The molecule has 1 heterocycles. The van der Waals surface area contributed by atoms with Gasteiger partial charge in [-0.25, -0.2) is 0 Å². The van der Waals surface area contributed by atoms with Gasteiger partial charge in [-0.15, -0.1) is 0 Å². The van der Waals surface area contributed by atoms with Crippen molar-refractivity contribution >= 4 is 11.4 Å². The minimum absolute atomic E-state index is 0.0855. The van der Waals surface area contributed by atoms with Gasteiger partial charge in [0.2, 0.25) is 0 Å². The normalized spacial score (nSPS) is 18.6. The molecule has 1 aromatic rings. The Kier molecular flexibility index (Phi) is 5.38. The second-order valence-corrected chi connectivity index (χ2v) is 5.38. The van der Waals surface area contributed by atoms with E-state index in [1.807, 2.05) is 13.1 Å². The highest BCUT2D eigenvalue weighted by atomic mass is 16.6. The molecule has 0 aromatic heterocycles. The van der Waals surface area contributed by atoms with E-state index in [0.29, 0.717) is 11.8 Å². The number of nitro groups is 1. The monoisotopic (exact) mass is 293 g/mol. The Labute approximate surface area is 125 Å². The van der Waals surface area contributed by atoms with Crippen LogP contribution in [0.5, 0.6) is 5.75 Å². The Hall–Kier alpha value is -1.82. The van der Waals surface area contributed by atoms with Gasteiger partial charge in [-0.05, 0) is 39.3 Å². The van der Waals surface area contributed by atoms with E-state index in [1.54, 1.807) is 6.07 Å². The summed E-state index contributed by atoms with van der Waals surface area (Å²) in [6.45, 7) is 1.89. The topological polar surface area (TPSA) is 67.6 Å². The van der Waals surface area contributed by atoms with Crippen molar-refractivity contribution < 1.29 is 9.66 Å². The first-order valence-corrected chi connectivity index (χ1v) is 7.40. The van der Waals surface area contributed by atoms with Crippen molar-refractivity contribution in [3.63, 3.8) is 0 Å². The van der Waals surface area contributed by atoms with Crippen molar-refractivity contribution in [3.8, 4) is 5.75 Å². The van der Waals surface area contributed by atoms with Crippen molar-refractivity contribution in [2.45, 2.75) is 31.7 Å². The van der Waals surface area contributed by atoms with Gasteiger partial charge < -0.3 is 15.0 Å². The van der Waals surface area contributed by atoms with Gasteiger partial charge in [0.15, 0.2) is 0 Å². The molecule has 0 spiro atoms. The lowest BCUT2D eigenvalue weighted by atomic mass is 9.98. The number of nitro benzene ring substituents is 1. The van der Waals surface area contributed by atoms with Crippen LogP contribution in [0.25, 0.3) is 0 Å². The molecule has 1 aromatic carbocycles. The zero-order valence-electron chi connectivity index (χ0n) is 12.7. The summed E-state index contributed by atoms with van der Waals surface area (Å²) in [6.07, 6.45) is 4.52. The molecule has 1 aliphatic rings. The fourth-order valence-corrected chi connectivity index (χ4v) is 2.91. The molecule has 116 valence electrons. The largest absolute Gasteiger partial charge is 0.496 e. The Morgan fingerprint density at radius 1 is 1.43 bits per heavy atom. The number of hydrogen-bond acceptors (Lipinski definition) is 5. The van der Waals surface area contributed by atoms with Crippen LogP contribution in [0.4, 0.5) is 11.4 Å². The van der Waals surface area contributed by atoms with Crippen molar-refractivity contribution in [1.29, 1.82) is 0 Å². The molecule has 6 heteroatoms. The molecule has 1 atom stereocenters. The van der Waals surface area contributed by atoms with Gasteiger partial charge in [-0.3, -0.25) is 10.1 Å². The van der Waals surface area contributed by atoms with E-state index in [9.17, 15) is 10.1 Å². The third kappa shape index (κ3) is 3.85. The van der Waals surface area contributed by atoms with Crippen LogP contribution in [0.1, 0.15) is 25.7 Å². The van der Waals surface area contributed by atoms with Crippen molar-refractivity contribution in [2.24, 2.45) is 0 Å². The summed E-state index contributed by atoms with van der Waals surface area (Å²) in [4.78, 5) is 13.0. The van der Waals surface area contributed by atoms with Crippen molar-refractivity contribution in [2.75, 3.05) is 32.1 Å². The molecular formula is C15H23N3O3. The summed E-state index contributed by atoms with van der Waals surface area (Å²) in [5.74, 6) is 0.539. The first kappa shape index (κ1) is 15.6. The molecule has 1 unspecified atom stereocenters. The van der Waals surface area contributed by atoms with Crippen LogP contribution in [-0.4, -0.2) is 38.2 Å². The number of methoxy groups -OCH3 is 1. The number of piperidine rings is 1. The van der Waals surface area contributed by atoms with Crippen LogP contribution in [-0.2, 0) is 0 Å². The molecule has 1 saturated heterocycles. The Morgan fingerprint density at radius 2 is 2.24 bits per heavy atom. The van der Waals surface area contributed by atoms with E-state index >= 15 is 0 Å². The van der Waals surface area contributed by atoms with Gasteiger partial charge in [0, 0.05) is 30.4 Å². The first-order chi connectivity index (χ1) is 10.2. The summed E-state index contributed by atoms with van der Waals surface area (Å²) in [5.41, 5.74) is 0.976. The van der Waals surface area contributed by atoms with Gasteiger partial charge in [-0.1, -0.05) is 0 Å². The summed E-state index contributed by atoms with van der Waals surface area (Å²) in [6, 6.07) is 5.44. The number of anilines is 1. The molecule has 1 fully saturated rings. The minimum atomic E-state index is -0.363. The van der Waals surface area contributed by atoms with E-state index in [4.69, 9.17) is 4.74 Å². The molecule has 0 amide bonds. The van der Waals surface area contributed by atoms with E-state index in [-0.39, 0.29) is 10.6 Å². The highest BCUT2D eigenvalue weighted by Crippen LogP contribution is 2.32. The van der Waals surface area contributed by atoms with Crippen molar-refractivity contribution in [3.05, 3.63) is 28.3 Å². The summed E-state index contributed by atoms with van der Waals surface area (Å²) >= 11 is 0. The maximum Gasteiger partial charge on any atom is 0.275 e. The number of nitrogens with zero attached hydrogens (tertiary/aromatic N) is 2. The number of non-ortho nitro benzene ring substituents is 1. The quantitative estimate of drug-likeness (QED) is 0.645. The summed E-state index contributed by atoms with van der Waals surface area (Å²) < 4.78 is 5.21. The molecule has 0 aliphatic carbocycles. The number of benzene rings is 1. The maximum absolute atomic E-state index is 11.1. The van der Waals surface area contributed by atoms with Crippen LogP contribution in [0.3, 0.4) is 0 Å². The first-order valence-electron chi connectivity index (χ1n) is 7.40. The van der Waals surface area contributed by atoms with Gasteiger partial charge in [0.1, 0.15) is 5.75 Å². The maximum atomic E-state index is 11.1. The summed E-state index contributed by atoms with van der Waals surface area (Å²) in [5, 5.41) is 14.3. The van der Waals surface area contributed by atoms with Crippen LogP contribution < -0.4 is 15.0 Å². The highest BCUT2D eigenvalue weighted by Gasteiger charge is 2.24. The molecule has 0 saturated carbocycles. The van der Waals surface area contributed by atoms with E-state index in [2.05, 4.69) is 10.2 Å². The molecular weight excluding hydrogens is 270 g/mol.